The molecule has 0 unspecified atom stereocenters. The molecular formula is C14H16N2O5. The number of ether oxygens (including phenoxy) is 1. The second-order valence-corrected chi connectivity index (χ2v) is 4.54. The molecule has 0 fully saturated rings. The van der Waals surface area contributed by atoms with E-state index in [1.807, 2.05) is 0 Å². The summed E-state index contributed by atoms with van der Waals surface area (Å²) in [7, 11) is 0. The molecule has 7 heteroatoms. The molecule has 0 bridgehead atoms. The summed E-state index contributed by atoms with van der Waals surface area (Å²) < 4.78 is 5.20. The van der Waals surface area contributed by atoms with Gasteiger partial charge in [-0.25, -0.2) is 0 Å². The third-order valence-corrected chi connectivity index (χ3v) is 2.95. The van der Waals surface area contributed by atoms with Gasteiger partial charge in [0.1, 0.15) is 5.75 Å². The van der Waals surface area contributed by atoms with Gasteiger partial charge in [-0.1, -0.05) is 0 Å². The smallest absolute Gasteiger partial charge is 0.262 e. The summed E-state index contributed by atoms with van der Waals surface area (Å²) in [5, 5.41) is 13.7. The monoisotopic (exact) mass is 292 g/mol. The zero-order valence-corrected chi connectivity index (χ0v) is 11.3. The quantitative estimate of drug-likeness (QED) is 0.644. The van der Waals surface area contributed by atoms with Crippen LogP contribution in [0.5, 0.6) is 5.75 Å². The van der Waals surface area contributed by atoms with Crippen molar-refractivity contribution in [1.82, 2.24) is 5.32 Å². The molecule has 0 aliphatic carbocycles. The number of aliphatic hydroxyl groups is 1. The summed E-state index contributed by atoms with van der Waals surface area (Å²) in [6.45, 7) is 0.00473. The second-order valence-electron chi connectivity index (χ2n) is 4.54. The van der Waals surface area contributed by atoms with Crippen LogP contribution in [0.15, 0.2) is 18.2 Å². The van der Waals surface area contributed by atoms with Gasteiger partial charge in [0.05, 0.1) is 12.3 Å². The molecule has 2 rings (SSSR count). The highest BCUT2D eigenvalue weighted by molar-refractivity contribution is 6.01. The first-order valence-corrected chi connectivity index (χ1v) is 6.57. The number of Topliss-reactive ketones (excluding diaryl/α,β-unsaturated/α-hetero) is 1. The normalized spacial score (nSPS) is 12.9. The first-order valence-electron chi connectivity index (χ1n) is 6.57. The summed E-state index contributed by atoms with van der Waals surface area (Å²) in [4.78, 5) is 34.6. The van der Waals surface area contributed by atoms with E-state index in [0.29, 0.717) is 17.0 Å². The van der Waals surface area contributed by atoms with Gasteiger partial charge in [-0.3, -0.25) is 14.4 Å². The van der Waals surface area contributed by atoms with Crippen molar-refractivity contribution in [3.8, 4) is 5.75 Å². The van der Waals surface area contributed by atoms with E-state index in [1.54, 1.807) is 18.2 Å². The van der Waals surface area contributed by atoms with Crippen molar-refractivity contribution in [2.75, 3.05) is 25.1 Å². The molecule has 0 radical (unpaired) electrons. The van der Waals surface area contributed by atoms with Gasteiger partial charge in [-0.05, 0) is 18.2 Å². The molecule has 1 aromatic carbocycles. The maximum atomic E-state index is 12.0. The van der Waals surface area contributed by atoms with Gasteiger partial charge in [-0.2, -0.15) is 0 Å². The number of anilines is 1. The minimum absolute atomic E-state index is 0.0364. The molecule has 1 heterocycles. The molecule has 0 saturated heterocycles. The zero-order chi connectivity index (χ0) is 15.2. The Hall–Kier alpha value is -2.41. The van der Waals surface area contributed by atoms with E-state index < -0.39 is 0 Å². The van der Waals surface area contributed by atoms with E-state index in [9.17, 15) is 14.4 Å². The summed E-state index contributed by atoms with van der Waals surface area (Å²) >= 11 is 0. The lowest BCUT2D eigenvalue weighted by Gasteiger charge is -2.18. The van der Waals surface area contributed by atoms with Gasteiger partial charge in [0, 0.05) is 24.9 Å². The van der Waals surface area contributed by atoms with Gasteiger partial charge >= 0.3 is 0 Å². The van der Waals surface area contributed by atoms with E-state index in [-0.39, 0.29) is 50.2 Å². The van der Waals surface area contributed by atoms with Crippen LogP contribution in [0.3, 0.4) is 0 Å². The molecule has 2 amide bonds. The predicted molar refractivity (Wildman–Crippen MR) is 74.2 cm³/mol. The number of nitrogens with one attached hydrogen (secondary N) is 2. The third-order valence-electron chi connectivity index (χ3n) is 2.95. The summed E-state index contributed by atoms with van der Waals surface area (Å²) in [6, 6.07) is 4.76. The molecule has 21 heavy (non-hydrogen) atoms. The minimum atomic E-state index is -0.285. The Labute approximate surface area is 121 Å². The standard InChI is InChI=1S/C14H16N2O5/c17-6-5-15-13(19)4-2-11(18)9-1-3-12-10(7-9)16-14(20)8-21-12/h1,3,7,17H,2,4-6,8H2,(H,15,19)(H,16,20). The lowest BCUT2D eigenvalue weighted by molar-refractivity contribution is -0.121. The van der Waals surface area contributed by atoms with E-state index in [1.165, 1.54) is 0 Å². The molecule has 0 aromatic heterocycles. The van der Waals surface area contributed by atoms with Crippen LogP contribution in [0.1, 0.15) is 23.2 Å². The molecule has 0 atom stereocenters. The van der Waals surface area contributed by atoms with Crippen molar-refractivity contribution in [1.29, 1.82) is 0 Å². The lowest BCUT2D eigenvalue weighted by atomic mass is 10.0. The molecule has 1 aliphatic heterocycles. The van der Waals surface area contributed by atoms with Crippen LogP contribution in [0.2, 0.25) is 0 Å². The van der Waals surface area contributed by atoms with E-state index in [4.69, 9.17) is 9.84 Å². The highest BCUT2D eigenvalue weighted by Crippen LogP contribution is 2.28. The lowest BCUT2D eigenvalue weighted by Crippen LogP contribution is -2.27. The fraction of sp³-hybridized carbons (Fsp3) is 0.357. The number of hydrogen-bond acceptors (Lipinski definition) is 5. The molecule has 0 saturated carbocycles. The topological polar surface area (TPSA) is 105 Å². The largest absolute Gasteiger partial charge is 0.482 e. The van der Waals surface area contributed by atoms with Crippen molar-refractivity contribution in [3.63, 3.8) is 0 Å². The van der Waals surface area contributed by atoms with Crippen LogP contribution in [0.4, 0.5) is 5.69 Å². The second kappa shape index (κ2) is 6.85. The van der Waals surface area contributed by atoms with Crippen molar-refractivity contribution >= 4 is 23.3 Å². The van der Waals surface area contributed by atoms with Crippen LogP contribution >= 0.6 is 0 Å². The highest BCUT2D eigenvalue weighted by Gasteiger charge is 2.18. The van der Waals surface area contributed by atoms with Gasteiger partial charge in [0.25, 0.3) is 5.91 Å². The zero-order valence-electron chi connectivity index (χ0n) is 11.3. The molecule has 0 spiro atoms. The van der Waals surface area contributed by atoms with E-state index >= 15 is 0 Å². The van der Waals surface area contributed by atoms with Crippen molar-refractivity contribution in [2.45, 2.75) is 12.8 Å². The molecule has 7 nitrogen and oxygen atoms in total. The molecule has 1 aromatic rings. The van der Waals surface area contributed by atoms with Crippen LogP contribution in [0.25, 0.3) is 0 Å². The third kappa shape index (κ3) is 4.03. The number of benzene rings is 1. The Kier molecular flexibility index (Phi) is 4.89. The van der Waals surface area contributed by atoms with Crippen molar-refractivity contribution in [2.24, 2.45) is 0 Å². The first-order chi connectivity index (χ1) is 10.1. The van der Waals surface area contributed by atoms with Crippen LogP contribution in [-0.4, -0.2) is 42.5 Å². The number of rotatable bonds is 6. The van der Waals surface area contributed by atoms with E-state index in [2.05, 4.69) is 10.6 Å². The molecular weight excluding hydrogens is 276 g/mol. The van der Waals surface area contributed by atoms with Crippen LogP contribution in [0, 0.1) is 0 Å². The summed E-state index contributed by atoms with van der Waals surface area (Å²) in [5.41, 5.74) is 0.872. The Morgan fingerprint density at radius 2 is 2.14 bits per heavy atom. The molecule has 112 valence electrons. The average Bonchev–Trinajstić information content (AvgIpc) is 2.49. The van der Waals surface area contributed by atoms with Gasteiger partial charge in [-0.15, -0.1) is 0 Å². The number of ketones is 1. The number of carbonyl (C=O) groups excluding carboxylic acids is 3. The van der Waals surface area contributed by atoms with Gasteiger partial charge in [0.15, 0.2) is 12.4 Å². The number of hydrogen-bond donors (Lipinski definition) is 3. The highest BCUT2D eigenvalue weighted by atomic mass is 16.5. The van der Waals surface area contributed by atoms with Gasteiger partial charge in [0.2, 0.25) is 5.91 Å². The Morgan fingerprint density at radius 3 is 2.90 bits per heavy atom. The average molecular weight is 292 g/mol. The number of aliphatic hydroxyl groups excluding tert-OH is 1. The summed E-state index contributed by atoms with van der Waals surface area (Å²) in [5.74, 6) is -0.230. The Balaban J connectivity index is 1.95. The van der Waals surface area contributed by atoms with E-state index in [0.717, 1.165) is 0 Å². The maximum Gasteiger partial charge on any atom is 0.262 e. The molecule has 3 N–H and O–H groups in total. The number of amides is 2. The predicted octanol–water partition coefficient (Wildman–Crippen LogP) is 0.0889. The SMILES string of the molecule is O=C(CCC(=O)c1ccc2c(c1)NC(=O)CO2)NCCO. The van der Waals surface area contributed by atoms with Crippen LogP contribution < -0.4 is 15.4 Å². The first kappa shape index (κ1) is 15.0. The van der Waals surface area contributed by atoms with Gasteiger partial charge < -0.3 is 20.5 Å². The van der Waals surface area contributed by atoms with Crippen LogP contribution in [-0.2, 0) is 9.59 Å². The fourth-order valence-corrected chi connectivity index (χ4v) is 1.91. The summed E-state index contributed by atoms with van der Waals surface area (Å²) in [6.07, 6.45) is 0.115. The number of carbonyl (C=O) groups is 3. The van der Waals surface area contributed by atoms with Crippen molar-refractivity contribution in [3.05, 3.63) is 23.8 Å². The van der Waals surface area contributed by atoms with Crippen molar-refractivity contribution < 1.29 is 24.2 Å². The fourth-order valence-electron chi connectivity index (χ4n) is 1.91. The molecule has 1 aliphatic rings. The maximum absolute atomic E-state index is 12.0. The number of fused-ring (bicyclic) bond motifs is 1. The Morgan fingerprint density at radius 1 is 1.33 bits per heavy atom. The Bertz CT molecular complexity index is 570. The minimum Gasteiger partial charge on any atom is -0.482 e.